The number of fused-ring (bicyclic) bond motifs is 2. The van der Waals surface area contributed by atoms with E-state index in [2.05, 4.69) is 4.36 Å². The number of ether oxygens (including phenoxy) is 2. The Morgan fingerprint density at radius 2 is 1.91 bits per heavy atom. The number of aliphatic hydroxyl groups is 1. The molecule has 0 heterocycles. The Labute approximate surface area is 137 Å². The van der Waals surface area contributed by atoms with Gasteiger partial charge in [0.1, 0.15) is 0 Å². The second kappa shape index (κ2) is 5.70. The van der Waals surface area contributed by atoms with E-state index in [4.69, 9.17) is 9.47 Å². The van der Waals surface area contributed by atoms with E-state index >= 15 is 0 Å². The fourth-order valence-electron chi connectivity index (χ4n) is 4.03. The van der Waals surface area contributed by atoms with Crippen LogP contribution in [0.1, 0.15) is 6.42 Å². The summed E-state index contributed by atoms with van der Waals surface area (Å²) in [5, 5.41) is 11.3. The topological polar surface area (TPSA) is 68.1 Å². The summed E-state index contributed by atoms with van der Waals surface area (Å²) < 4.78 is 28.7. The molecule has 0 aliphatic heterocycles. The third-order valence-corrected chi connectivity index (χ3v) is 7.62. The molecule has 3 rings (SSSR count). The van der Waals surface area contributed by atoms with Crippen molar-refractivity contribution < 1.29 is 18.8 Å². The van der Waals surface area contributed by atoms with E-state index in [1.165, 1.54) is 0 Å². The van der Waals surface area contributed by atoms with Crippen molar-refractivity contribution in [3.63, 3.8) is 0 Å². The normalized spacial score (nSPS) is 33.6. The van der Waals surface area contributed by atoms with Crippen molar-refractivity contribution in [2.24, 2.45) is 16.2 Å². The van der Waals surface area contributed by atoms with Gasteiger partial charge in [0.15, 0.2) is 5.79 Å². The monoisotopic (exact) mass is 337 g/mol. The molecule has 2 aliphatic carbocycles. The van der Waals surface area contributed by atoms with Gasteiger partial charge in [-0.1, -0.05) is 30.4 Å². The minimum absolute atomic E-state index is 0.0521. The van der Waals surface area contributed by atoms with Gasteiger partial charge < -0.3 is 14.6 Å². The van der Waals surface area contributed by atoms with Crippen LogP contribution in [0.5, 0.6) is 0 Å². The predicted molar refractivity (Wildman–Crippen MR) is 88.5 cm³/mol. The highest BCUT2D eigenvalue weighted by atomic mass is 32.2. The summed E-state index contributed by atoms with van der Waals surface area (Å²) in [5.74, 6) is -1.22. The molecule has 1 saturated carbocycles. The van der Waals surface area contributed by atoms with Crippen molar-refractivity contribution in [1.29, 1.82) is 0 Å². The number of benzene rings is 1. The molecule has 1 N–H and O–H groups in total. The van der Waals surface area contributed by atoms with E-state index in [-0.39, 0.29) is 17.6 Å². The van der Waals surface area contributed by atoms with E-state index in [0.717, 1.165) is 0 Å². The zero-order valence-electron chi connectivity index (χ0n) is 13.6. The summed E-state index contributed by atoms with van der Waals surface area (Å²) in [5.41, 5.74) is -1.17. The van der Waals surface area contributed by atoms with Crippen molar-refractivity contribution in [2.75, 3.05) is 27.0 Å². The minimum Gasteiger partial charge on any atom is -0.388 e. The molecule has 1 aromatic rings. The fourth-order valence-corrected chi connectivity index (χ4v) is 6.09. The molecule has 0 spiro atoms. The lowest BCUT2D eigenvalue weighted by atomic mass is 9.89. The van der Waals surface area contributed by atoms with Crippen LogP contribution in [-0.4, -0.2) is 47.7 Å². The van der Waals surface area contributed by atoms with Gasteiger partial charge in [-0.25, -0.2) is 8.57 Å². The van der Waals surface area contributed by atoms with Crippen LogP contribution in [0.4, 0.5) is 0 Å². The average Bonchev–Trinajstić information content (AvgIpc) is 3.04. The molecule has 126 valence electrons. The van der Waals surface area contributed by atoms with Crippen molar-refractivity contribution in [1.82, 2.24) is 0 Å². The Morgan fingerprint density at radius 1 is 1.26 bits per heavy atom. The van der Waals surface area contributed by atoms with Gasteiger partial charge in [-0.2, -0.15) is 0 Å². The Hall–Kier alpha value is -1.21. The largest absolute Gasteiger partial charge is 0.388 e. The van der Waals surface area contributed by atoms with Gasteiger partial charge in [-0.15, -0.1) is 0 Å². The van der Waals surface area contributed by atoms with Crippen LogP contribution < -0.4 is 0 Å². The quantitative estimate of drug-likeness (QED) is 0.660. The minimum atomic E-state index is -2.71. The van der Waals surface area contributed by atoms with Gasteiger partial charge >= 0.3 is 0 Å². The first kappa shape index (κ1) is 16.6. The zero-order chi connectivity index (χ0) is 16.7. The molecule has 0 saturated heterocycles. The number of hydrogen-bond acceptors (Lipinski definition) is 5. The van der Waals surface area contributed by atoms with E-state index < -0.39 is 21.1 Å². The molecule has 0 amide bonds. The van der Waals surface area contributed by atoms with Crippen molar-refractivity contribution >= 4 is 9.73 Å². The molecule has 2 bridgehead atoms. The van der Waals surface area contributed by atoms with Gasteiger partial charge in [-0.05, 0) is 18.6 Å². The van der Waals surface area contributed by atoms with E-state index in [0.29, 0.717) is 11.3 Å². The third kappa shape index (κ3) is 2.36. The fraction of sp³-hybridized carbons (Fsp3) is 0.529. The molecule has 23 heavy (non-hydrogen) atoms. The van der Waals surface area contributed by atoms with Gasteiger partial charge in [0.2, 0.25) is 0 Å². The number of hydrogen-bond donors (Lipinski definition) is 1. The van der Waals surface area contributed by atoms with Crippen molar-refractivity contribution in [3.8, 4) is 0 Å². The first-order valence-electron chi connectivity index (χ1n) is 7.63. The second-order valence-electron chi connectivity index (χ2n) is 6.19. The number of methoxy groups -OCH3 is 2. The lowest BCUT2D eigenvalue weighted by Crippen LogP contribution is -2.48. The lowest BCUT2D eigenvalue weighted by Gasteiger charge is -2.36. The van der Waals surface area contributed by atoms with Crippen LogP contribution in [0.3, 0.4) is 0 Å². The molecule has 1 aromatic carbocycles. The molecule has 5 nitrogen and oxygen atoms in total. The third-order valence-electron chi connectivity index (χ3n) is 5.13. The molecule has 0 aromatic heterocycles. The molecule has 1 fully saturated rings. The van der Waals surface area contributed by atoms with Crippen LogP contribution >= 0.6 is 0 Å². The standard InChI is InChI=1S/C17H23NO4S/c1-18-23(20,14-7-5-4-6-8-14)12-16(19)11-13-9-10-15(16)17(13,21-2)22-3/h4-10,13,15,19H,11-12H2,1-3H3/t13-,15-,16+,23-/m1/s1. The summed E-state index contributed by atoms with van der Waals surface area (Å²) in [7, 11) is 2.01. The van der Waals surface area contributed by atoms with Crippen LogP contribution in [0.15, 0.2) is 51.7 Å². The van der Waals surface area contributed by atoms with E-state index in [9.17, 15) is 9.32 Å². The number of nitrogens with zero attached hydrogens (tertiary/aromatic N) is 1. The van der Waals surface area contributed by atoms with E-state index in [1.54, 1.807) is 33.4 Å². The van der Waals surface area contributed by atoms with Crippen LogP contribution in [0.25, 0.3) is 0 Å². The maximum absolute atomic E-state index is 13.3. The Bertz CT molecular complexity index is 719. The molecule has 2 aliphatic rings. The Balaban J connectivity index is 1.97. The SMILES string of the molecule is CN=[S@@](=O)(C[C@@]1(O)C[C@H]2C=C[C@H]1C2(OC)OC)c1ccccc1. The van der Waals surface area contributed by atoms with Gasteiger partial charge in [0, 0.05) is 32.1 Å². The van der Waals surface area contributed by atoms with Crippen LogP contribution in [-0.2, 0) is 19.2 Å². The van der Waals surface area contributed by atoms with Crippen LogP contribution in [0.2, 0.25) is 0 Å². The van der Waals surface area contributed by atoms with Crippen molar-refractivity contribution in [2.45, 2.75) is 22.7 Å². The summed E-state index contributed by atoms with van der Waals surface area (Å²) in [6, 6.07) is 9.12. The first-order chi connectivity index (χ1) is 10.9. The first-order valence-corrected chi connectivity index (χ1v) is 9.31. The van der Waals surface area contributed by atoms with Crippen molar-refractivity contribution in [3.05, 3.63) is 42.5 Å². The van der Waals surface area contributed by atoms with E-state index in [1.807, 2.05) is 30.4 Å². The number of rotatable bonds is 5. The molecule has 0 unspecified atom stereocenters. The summed E-state index contributed by atoms with van der Waals surface area (Å²) in [6.07, 6.45) is 4.39. The second-order valence-corrected chi connectivity index (χ2v) is 8.59. The summed E-state index contributed by atoms with van der Waals surface area (Å²) >= 11 is 0. The highest BCUT2D eigenvalue weighted by molar-refractivity contribution is 7.93. The van der Waals surface area contributed by atoms with Crippen LogP contribution in [0, 0.1) is 11.8 Å². The summed E-state index contributed by atoms with van der Waals surface area (Å²) in [6.45, 7) is 0. The maximum atomic E-state index is 13.3. The summed E-state index contributed by atoms with van der Waals surface area (Å²) in [4.78, 5) is 0.642. The molecule has 0 radical (unpaired) electrons. The zero-order valence-corrected chi connectivity index (χ0v) is 14.5. The lowest BCUT2D eigenvalue weighted by molar-refractivity contribution is -0.239. The maximum Gasteiger partial charge on any atom is 0.182 e. The Kier molecular flexibility index (Phi) is 4.13. The molecular formula is C17H23NO4S. The highest BCUT2D eigenvalue weighted by Gasteiger charge is 2.65. The average molecular weight is 337 g/mol. The predicted octanol–water partition coefficient (Wildman–Crippen LogP) is 2.07. The molecule has 4 atom stereocenters. The molecular weight excluding hydrogens is 314 g/mol. The van der Waals surface area contributed by atoms with Gasteiger partial charge in [0.05, 0.1) is 27.0 Å². The Morgan fingerprint density at radius 3 is 2.43 bits per heavy atom. The highest BCUT2D eigenvalue weighted by Crippen LogP contribution is 2.55. The van der Waals surface area contributed by atoms with Gasteiger partial charge in [-0.3, -0.25) is 0 Å². The van der Waals surface area contributed by atoms with Gasteiger partial charge in [0.25, 0.3) is 0 Å². The smallest absolute Gasteiger partial charge is 0.182 e. The molecule has 6 heteroatoms.